The Balaban J connectivity index is 1.71. The lowest BCUT2D eigenvalue weighted by molar-refractivity contribution is 1.77. The van der Waals surface area contributed by atoms with Crippen molar-refractivity contribution >= 4 is 98.7 Å². The van der Waals surface area contributed by atoms with Crippen LogP contribution >= 0.6 is 46.2 Å². The molecule has 136 valence electrons. The van der Waals surface area contributed by atoms with E-state index in [9.17, 15) is 0 Å². The summed E-state index contributed by atoms with van der Waals surface area (Å²) < 4.78 is 5.51. The summed E-state index contributed by atoms with van der Waals surface area (Å²) in [5.41, 5.74) is 0. The lowest BCUT2D eigenvalue weighted by Crippen LogP contribution is -1.81. The Morgan fingerprint density at radius 2 is 0.964 bits per heavy atom. The van der Waals surface area contributed by atoms with E-state index in [4.69, 9.17) is 0 Å². The molecule has 0 saturated carbocycles. The fraction of sp³-hybridized carbons (Fsp3) is 0.0833. The molecule has 4 aromatic carbocycles. The van der Waals surface area contributed by atoms with Gasteiger partial charge in [-0.3, -0.25) is 0 Å². The van der Waals surface area contributed by atoms with Crippen molar-refractivity contribution in [1.82, 2.24) is 0 Å². The molecular weight excluding hydrogens is 417 g/mol. The molecule has 6 aromatic rings. The minimum Gasteiger partial charge on any atom is -0.129 e. The van der Waals surface area contributed by atoms with Crippen LogP contribution in [0.3, 0.4) is 0 Å². The van der Waals surface area contributed by atoms with Crippen LogP contribution in [0.4, 0.5) is 0 Å². The van der Waals surface area contributed by atoms with E-state index in [1.165, 1.54) is 60.9 Å². The Morgan fingerprint density at radius 1 is 0.500 bits per heavy atom. The zero-order valence-electron chi connectivity index (χ0n) is 15.4. The van der Waals surface area contributed by atoms with Gasteiger partial charge in [-0.15, -0.1) is 46.2 Å². The third-order valence-electron chi connectivity index (χ3n) is 5.46. The first-order valence-electron chi connectivity index (χ1n) is 9.08. The van der Waals surface area contributed by atoms with Crippen molar-refractivity contribution < 1.29 is 0 Å². The van der Waals surface area contributed by atoms with Gasteiger partial charge in [0.25, 0.3) is 0 Å². The predicted molar refractivity (Wildman–Crippen MR) is 133 cm³/mol. The summed E-state index contributed by atoms with van der Waals surface area (Å²) in [7, 11) is 0. The van der Waals surface area contributed by atoms with Crippen LogP contribution in [0.15, 0.2) is 69.1 Å². The highest BCUT2D eigenvalue weighted by Crippen LogP contribution is 2.40. The fourth-order valence-corrected chi connectivity index (χ4v) is 7.44. The Morgan fingerprint density at radius 3 is 1.39 bits per heavy atom. The minimum absolute atomic E-state index is 1.33. The van der Waals surface area contributed by atoms with Gasteiger partial charge >= 0.3 is 0 Å². The molecule has 0 unspecified atom stereocenters. The van der Waals surface area contributed by atoms with E-state index in [0.717, 1.165) is 0 Å². The second-order valence-electron chi connectivity index (χ2n) is 6.99. The highest BCUT2D eigenvalue weighted by atomic mass is 32.2. The van der Waals surface area contributed by atoms with Crippen molar-refractivity contribution in [2.75, 3.05) is 12.5 Å². The number of hydrogen-bond donors (Lipinski definition) is 0. The molecule has 0 aliphatic heterocycles. The maximum atomic E-state index is 2.38. The van der Waals surface area contributed by atoms with Gasteiger partial charge in [-0.25, -0.2) is 0 Å². The molecule has 2 aromatic heterocycles. The molecule has 28 heavy (non-hydrogen) atoms. The van der Waals surface area contributed by atoms with Crippen molar-refractivity contribution in [1.29, 1.82) is 0 Å². The topological polar surface area (TPSA) is 0 Å². The van der Waals surface area contributed by atoms with E-state index < -0.39 is 0 Å². The normalized spacial score (nSPS) is 12.2. The van der Waals surface area contributed by atoms with Gasteiger partial charge in [0, 0.05) is 9.40 Å². The highest BCUT2D eigenvalue weighted by molar-refractivity contribution is 8.00. The summed E-state index contributed by atoms with van der Waals surface area (Å²) in [4.78, 5) is 0. The number of benzene rings is 4. The van der Waals surface area contributed by atoms with Crippen LogP contribution in [0, 0.1) is 0 Å². The number of rotatable bonds is 2. The van der Waals surface area contributed by atoms with Crippen molar-refractivity contribution in [2.24, 2.45) is 0 Å². The molecule has 0 amide bonds. The molecule has 0 aliphatic rings. The first kappa shape index (κ1) is 17.2. The summed E-state index contributed by atoms with van der Waals surface area (Å²) in [6.45, 7) is 0. The summed E-state index contributed by atoms with van der Waals surface area (Å²) in [5.74, 6) is 0. The van der Waals surface area contributed by atoms with Crippen LogP contribution in [-0.4, -0.2) is 12.5 Å². The Kier molecular flexibility index (Phi) is 3.92. The van der Waals surface area contributed by atoms with Gasteiger partial charge < -0.3 is 0 Å². The summed E-state index contributed by atoms with van der Waals surface area (Å²) in [5, 5.41) is 10.8. The average Bonchev–Trinajstić information content (AvgIpc) is 3.32. The lowest BCUT2D eigenvalue weighted by atomic mass is 9.96. The van der Waals surface area contributed by atoms with Gasteiger partial charge in [0.15, 0.2) is 0 Å². The smallest absolute Gasteiger partial charge is 0.0608 e. The van der Waals surface area contributed by atoms with Gasteiger partial charge in [0.05, 0.1) is 8.42 Å². The van der Waals surface area contributed by atoms with E-state index in [1.807, 2.05) is 46.2 Å². The molecule has 0 fully saturated rings. The molecular formula is C24H16S4. The maximum Gasteiger partial charge on any atom is 0.0608 e. The summed E-state index contributed by atoms with van der Waals surface area (Å²) in [6, 6.07) is 23.3. The Hall–Kier alpha value is -1.72. The Bertz CT molecular complexity index is 1420. The highest BCUT2D eigenvalue weighted by Gasteiger charge is 2.10. The molecule has 0 atom stereocenters. The summed E-state index contributed by atoms with van der Waals surface area (Å²) in [6.07, 6.45) is 4.30. The molecule has 0 radical (unpaired) electrons. The van der Waals surface area contributed by atoms with E-state index >= 15 is 0 Å². The zero-order chi connectivity index (χ0) is 18.8. The van der Waals surface area contributed by atoms with E-state index in [2.05, 4.69) is 73.2 Å². The largest absolute Gasteiger partial charge is 0.129 e. The third-order valence-corrected chi connectivity index (χ3v) is 9.79. The van der Waals surface area contributed by atoms with Crippen LogP contribution in [-0.2, 0) is 0 Å². The quantitative estimate of drug-likeness (QED) is 0.198. The van der Waals surface area contributed by atoms with Gasteiger partial charge in [0.1, 0.15) is 0 Å². The SMILES string of the molecule is CSc1cc2cc3c(ccc4c5cc6cc(SC)sc6cc5ccc34)cc2s1. The number of thioether (sulfide) groups is 2. The van der Waals surface area contributed by atoms with Gasteiger partial charge in [0.2, 0.25) is 0 Å². The van der Waals surface area contributed by atoms with Gasteiger partial charge in [-0.1, -0.05) is 24.3 Å². The van der Waals surface area contributed by atoms with E-state index in [0.29, 0.717) is 0 Å². The van der Waals surface area contributed by atoms with Crippen LogP contribution in [0.5, 0.6) is 0 Å². The van der Waals surface area contributed by atoms with E-state index in [1.54, 1.807) is 0 Å². The lowest BCUT2D eigenvalue weighted by Gasteiger charge is -2.08. The monoisotopic (exact) mass is 432 g/mol. The van der Waals surface area contributed by atoms with Crippen molar-refractivity contribution in [3.05, 3.63) is 60.7 Å². The summed E-state index contributed by atoms with van der Waals surface area (Å²) >= 11 is 7.43. The van der Waals surface area contributed by atoms with Gasteiger partial charge in [-0.2, -0.15) is 0 Å². The van der Waals surface area contributed by atoms with E-state index in [-0.39, 0.29) is 0 Å². The molecule has 0 saturated heterocycles. The second kappa shape index (κ2) is 6.39. The minimum atomic E-state index is 1.33. The second-order valence-corrected chi connectivity index (χ2v) is 11.4. The molecule has 6 rings (SSSR count). The zero-order valence-corrected chi connectivity index (χ0v) is 18.7. The fourth-order valence-electron chi connectivity index (χ4n) is 4.10. The number of fused-ring (bicyclic) bond motifs is 7. The van der Waals surface area contributed by atoms with Crippen LogP contribution in [0.2, 0.25) is 0 Å². The van der Waals surface area contributed by atoms with Crippen molar-refractivity contribution in [3.63, 3.8) is 0 Å². The molecule has 2 heterocycles. The maximum absolute atomic E-state index is 2.38. The van der Waals surface area contributed by atoms with Crippen molar-refractivity contribution in [2.45, 2.75) is 8.42 Å². The van der Waals surface area contributed by atoms with Crippen LogP contribution < -0.4 is 0 Å². The number of hydrogen-bond acceptors (Lipinski definition) is 4. The predicted octanol–water partition coefficient (Wildman–Crippen LogP) is 9.02. The van der Waals surface area contributed by atoms with Crippen LogP contribution in [0.1, 0.15) is 0 Å². The van der Waals surface area contributed by atoms with Crippen LogP contribution in [0.25, 0.3) is 52.5 Å². The van der Waals surface area contributed by atoms with Crippen molar-refractivity contribution in [3.8, 4) is 0 Å². The molecule has 0 nitrogen and oxygen atoms in total. The molecule has 0 aliphatic carbocycles. The standard InChI is InChI=1S/C24H16S4/c1-25-23-11-15-7-19-13(9-21(15)27-23)3-5-18-17(19)6-4-14-10-22-16(8-20(14)18)12-24(26-2)28-22/h3-12H,1-2H3. The first-order chi connectivity index (χ1) is 13.7. The molecule has 4 heteroatoms. The molecule has 0 bridgehead atoms. The molecule has 0 N–H and O–H groups in total. The third kappa shape index (κ3) is 2.52. The Labute approximate surface area is 179 Å². The van der Waals surface area contributed by atoms with Gasteiger partial charge in [-0.05, 0) is 92.0 Å². The first-order valence-corrected chi connectivity index (χ1v) is 13.2. The number of thiophene rings is 2. The molecule has 0 spiro atoms. The average molecular weight is 433 g/mol.